The maximum absolute atomic E-state index is 10.8. The molecule has 1 aromatic rings. The number of ether oxygens (including phenoxy) is 1. The number of hydrogen-bond acceptors (Lipinski definition) is 3. The molecule has 16 heavy (non-hydrogen) atoms. The fraction of sp³-hybridized carbons (Fsp3) is 0.333. The van der Waals surface area contributed by atoms with Crippen LogP contribution in [0.3, 0.4) is 0 Å². The van der Waals surface area contributed by atoms with Gasteiger partial charge < -0.3 is 10.5 Å². The van der Waals surface area contributed by atoms with Gasteiger partial charge >= 0.3 is 0 Å². The van der Waals surface area contributed by atoms with E-state index in [-0.39, 0.29) is 12.5 Å². The molecule has 1 aromatic carbocycles. The van der Waals surface area contributed by atoms with Gasteiger partial charge in [-0.25, -0.2) is 0 Å². The van der Waals surface area contributed by atoms with Crippen LogP contribution in [0.1, 0.15) is 22.8 Å². The Labute approximate surface area is 94.4 Å². The maximum Gasteiger partial charge on any atom is 0.223 e. The summed E-state index contributed by atoms with van der Waals surface area (Å²) in [5.41, 5.74) is 6.57. The van der Waals surface area contributed by atoms with Crippen molar-refractivity contribution in [1.29, 1.82) is 0 Å². The van der Waals surface area contributed by atoms with Crippen molar-refractivity contribution in [3.63, 3.8) is 0 Å². The van der Waals surface area contributed by atoms with E-state index in [1.807, 2.05) is 13.0 Å². The lowest BCUT2D eigenvalue weighted by Crippen LogP contribution is -2.25. The summed E-state index contributed by atoms with van der Waals surface area (Å²) in [6, 6.07) is 5.29. The molecular weight excluding hydrogens is 206 g/mol. The lowest BCUT2D eigenvalue weighted by Gasteiger charge is -2.11. The Bertz CT molecular complexity index is 401. The van der Waals surface area contributed by atoms with Crippen molar-refractivity contribution in [3.8, 4) is 5.75 Å². The van der Waals surface area contributed by atoms with Gasteiger partial charge in [0, 0.05) is 0 Å². The van der Waals surface area contributed by atoms with Crippen LogP contribution in [0.25, 0.3) is 0 Å². The highest BCUT2D eigenvalue weighted by atomic mass is 16.5. The van der Waals surface area contributed by atoms with Crippen molar-refractivity contribution in [1.82, 2.24) is 0 Å². The Morgan fingerprint density at radius 3 is 2.81 bits per heavy atom. The summed E-state index contributed by atoms with van der Waals surface area (Å²) in [7, 11) is 0. The normalized spacial score (nSPS) is 11.9. The zero-order chi connectivity index (χ0) is 12.1. The van der Waals surface area contributed by atoms with Crippen LogP contribution in [0.2, 0.25) is 0 Å². The van der Waals surface area contributed by atoms with Crippen molar-refractivity contribution in [2.45, 2.75) is 13.8 Å². The fourth-order valence-electron chi connectivity index (χ4n) is 1.19. The summed E-state index contributed by atoms with van der Waals surface area (Å²) in [5.74, 6) is -0.311. The van der Waals surface area contributed by atoms with Gasteiger partial charge in [0.15, 0.2) is 6.29 Å². The molecule has 0 aromatic heterocycles. The third-order valence-electron chi connectivity index (χ3n) is 2.27. The first kappa shape index (κ1) is 12.2. The van der Waals surface area contributed by atoms with E-state index < -0.39 is 5.91 Å². The van der Waals surface area contributed by atoms with Crippen molar-refractivity contribution < 1.29 is 14.3 Å². The van der Waals surface area contributed by atoms with Crippen LogP contribution >= 0.6 is 0 Å². The quantitative estimate of drug-likeness (QED) is 0.762. The summed E-state index contributed by atoms with van der Waals surface area (Å²) in [5, 5.41) is 0. The van der Waals surface area contributed by atoms with Crippen LogP contribution in [-0.4, -0.2) is 18.8 Å². The highest BCUT2D eigenvalue weighted by Gasteiger charge is 2.10. The van der Waals surface area contributed by atoms with Crippen LogP contribution in [0, 0.1) is 12.8 Å². The number of rotatable bonds is 5. The molecule has 0 aliphatic carbocycles. The number of hydrogen-bond donors (Lipinski definition) is 1. The average molecular weight is 221 g/mol. The number of carbonyl (C=O) groups is 2. The van der Waals surface area contributed by atoms with E-state index in [0.29, 0.717) is 11.3 Å². The number of aldehydes is 1. The van der Waals surface area contributed by atoms with Gasteiger partial charge in [-0.15, -0.1) is 0 Å². The molecular formula is C12H15NO3. The molecule has 0 saturated heterocycles. The van der Waals surface area contributed by atoms with Crippen molar-refractivity contribution in [2.75, 3.05) is 6.61 Å². The zero-order valence-electron chi connectivity index (χ0n) is 9.40. The van der Waals surface area contributed by atoms with E-state index >= 15 is 0 Å². The molecule has 86 valence electrons. The molecule has 1 rings (SSSR count). The van der Waals surface area contributed by atoms with Gasteiger partial charge in [-0.2, -0.15) is 0 Å². The summed E-state index contributed by atoms with van der Waals surface area (Å²) in [6.45, 7) is 3.75. The van der Waals surface area contributed by atoms with Crippen LogP contribution < -0.4 is 10.5 Å². The predicted molar refractivity (Wildman–Crippen MR) is 60.4 cm³/mol. The molecule has 0 spiro atoms. The van der Waals surface area contributed by atoms with Crippen LogP contribution in [0.15, 0.2) is 18.2 Å². The van der Waals surface area contributed by atoms with Crippen LogP contribution in [-0.2, 0) is 4.79 Å². The number of aryl methyl sites for hydroxylation is 1. The average Bonchev–Trinajstić information content (AvgIpc) is 2.26. The van der Waals surface area contributed by atoms with Crippen LogP contribution in [0.5, 0.6) is 5.75 Å². The third-order valence-corrected chi connectivity index (χ3v) is 2.27. The van der Waals surface area contributed by atoms with Crippen molar-refractivity contribution in [3.05, 3.63) is 29.3 Å². The van der Waals surface area contributed by atoms with Gasteiger partial charge in [-0.1, -0.05) is 18.6 Å². The lowest BCUT2D eigenvalue weighted by molar-refractivity contribution is -0.122. The minimum Gasteiger partial charge on any atom is -0.492 e. The number of benzene rings is 1. The van der Waals surface area contributed by atoms with E-state index in [1.54, 1.807) is 19.1 Å². The molecule has 4 nitrogen and oxygen atoms in total. The fourth-order valence-corrected chi connectivity index (χ4v) is 1.19. The molecule has 1 atom stereocenters. The largest absolute Gasteiger partial charge is 0.492 e. The second kappa shape index (κ2) is 5.30. The smallest absolute Gasteiger partial charge is 0.223 e. The molecule has 0 aliphatic heterocycles. The topological polar surface area (TPSA) is 69.4 Å². The van der Waals surface area contributed by atoms with E-state index in [0.717, 1.165) is 11.8 Å². The van der Waals surface area contributed by atoms with Gasteiger partial charge in [0.05, 0.1) is 18.1 Å². The molecule has 2 N–H and O–H groups in total. The van der Waals surface area contributed by atoms with E-state index in [9.17, 15) is 9.59 Å². The second-order valence-electron chi connectivity index (χ2n) is 3.77. The van der Waals surface area contributed by atoms with Gasteiger partial charge in [0.1, 0.15) is 5.75 Å². The van der Waals surface area contributed by atoms with Gasteiger partial charge in [0.2, 0.25) is 5.91 Å². The summed E-state index contributed by atoms with van der Waals surface area (Å²) in [6.07, 6.45) is 0.733. The van der Waals surface area contributed by atoms with Crippen LogP contribution in [0.4, 0.5) is 0 Å². The lowest BCUT2D eigenvalue weighted by atomic mass is 10.1. The summed E-state index contributed by atoms with van der Waals surface area (Å²) in [4.78, 5) is 21.6. The third kappa shape index (κ3) is 3.08. The zero-order valence-corrected chi connectivity index (χ0v) is 9.40. The standard InChI is InChI=1S/C12H15NO3/c1-8-3-4-11(10(5-8)6-14)16-7-9(2)12(13)15/h3-6,9H,7H2,1-2H3,(H2,13,15). The number of amides is 1. The Balaban J connectivity index is 2.74. The Kier molecular flexibility index (Phi) is 4.05. The van der Waals surface area contributed by atoms with Gasteiger partial charge in [-0.05, 0) is 19.1 Å². The molecule has 4 heteroatoms. The van der Waals surface area contributed by atoms with E-state index in [1.165, 1.54) is 0 Å². The predicted octanol–water partition coefficient (Wildman–Crippen LogP) is 1.31. The second-order valence-corrected chi connectivity index (χ2v) is 3.77. The monoisotopic (exact) mass is 221 g/mol. The molecule has 0 saturated carbocycles. The highest BCUT2D eigenvalue weighted by molar-refractivity contribution is 5.80. The van der Waals surface area contributed by atoms with E-state index in [2.05, 4.69) is 0 Å². The van der Waals surface area contributed by atoms with E-state index in [4.69, 9.17) is 10.5 Å². The number of carbonyl (C=O) groups excluding carboxylic acids is 2. The minimum atomic E-state index is -0.417. The first-order valence-corrected chi connectivity index (χ1v) is 5.02. The number of primary amides is 1. The first-order chi connectivity index (χ1) is 7.54. The molecule has 0 radical (unpaired) electrons. The molecule has 0 bridgehead atoms. The minimum absolute atomic E-state index is 0.180. The molecule has 0 fully saturated rings. The molecule has 1 amide bonds. The maximum atomic E-state index is 10.8. The van der Waals surface area contributed by atoms with Crippen molar-refractivity contribution in [2.24, 2.45) is 11.7 Å². The van der Waals surface area contributed by atoms with Gasteiger partial charge in [-0.3, -0.25) is 9.59 Å². The Hall–Kier alpha value is -1.84. The molecule has 0 heterocycles. The van der Waals surface area contributed by atoms with Crippen molar-refractivity contribution >= 4 is 12.2 Å². The molecule has 1 unspecified atom stereocenters. The summed E-state index contributed by atoms with van der Waals surface area (Å²) >= 11 is 0. The molecule has 0 aliphatic rings. The highest BCUT2D eigenvalue weighted by Crippen LogP contribution is 2.18. The SMILES string of the molecule is Cc1ccc(OCC(C)C(N)=O)c(C=O)c1. The Morgan fingerprint density at radius 2 is 2.25 bits per heavy atom. The Morgan fingerprint density at radius 1 is 1.56 bits per heavy atom. The number of nitrogens with two attached hydrogens (primary N) is 1. The summed E-state index contributed by atoms with van der Waals surface area (Å²) < 4.78 is 5.37. The first-order valence-electron chi connectivity index (χ1n) is 5.02. The van der Waals surface area contributed by atoms with Gasteiger partial charge in [0.25, 0.3) is 0 Å².